The van der Waals surface area contributed by atoms with Crippen molar-refractivity contribution >= 4 is 11.8 Å². The third-order valence-corrected chi connectivity index (χ3v) is 5.42. The van der Waals surface area contributed by atoms with Crippen molar-refractivity contribution in [3.63, 3.8) is 0 Å². The summed E-state index contributed by atoms with van der Waals surface area (Å²) in [4.78, 5) is 32.4. The number of imidazole rings is 1. The van der Waals surface area contributed by atoms with Crippen LogP contribution in [0.5, 0.6) is 0 Å². The molecule has 7 nitrogen and oxygen atoms in total. The van der Waals surface area contributed by atoms with Crippen molar-refractivity contribution in [2.45, 2.75) is 50.6 Å². The Morgan fingerprint density at radius 2 is 1.97 bits per heavy atom. The van der Waals surface area contributed by atoms with E-state index in [9.17, 15) is 23.5 Å². The molecular formula is C21H26F2N4O3. The molecule has 9 heteroatoms. The van der Waals surface area contributed by atoms with Gasteiger partial charge in [0, 0.05) is 29.8 Å². The average Bonchev–Trinajstić information content (AvgIpc) is 3.27. The third-order valence-electron chi connectivity index (χ3n) is 5.42. The maximum absolute atomic E-state index is 14.1. The summed E-state index contributed by atoms with van der Waals surface area (Å²) in [5.41, 5.74) is 0.473. The highest BCUT2D eigenvalue weighted by atomic mass is 19.1. The van der Waals surface area contributed by atoms with Crippen LogP contribution in [0.25, 0.3) is 0 Å². The lowest BCUT2D eigenvalue weighted by Gasteiger charge is -2.26. The Labute approximate surface area is 173 Å². The molecule has 0 bridgehead atoms. The number of rotatable bonds is 8. The van der Waals surface area contributed by atoms with Crippen molar-refractivity contribution in [1.82, 2.24) is 20.6 Å². The fourth-order valence-electron chi connectivity index (χ4n) is 3.76. The number of benzene rings is 1. The van der Waals surface area contributed by atoms with E-state index in [1.165, 1.54) is 6.33 Å². The van der Waals surface area contributed by atoms with Gasteiger partial charge in [-0.05, 0) is 31.0 Å². The summed E-state index contributed by atoms with van der Waals surface area (Å²) in [6, 6.07) is 0.725. The standard InChI is InChI=1S/C21H26F2N4O3/c22-14-6-7-17(23)16(8-14)19(11-28)27-21(30)18(9-15-10-24-12-25-15)26-20(29)13-4-2-1-3-5-13/h6-8,10,12-13,18-19,28H,1-5,9,11H2,(H,24,25)(H,26,29)(H,27,30)/t18-,19?/m0/s1. The Hall–Kier alpha value is -2.81. The van der Waals surface area contributed by atoms with Gasteiger partial charge in [-0.1, -0.05) is 19.3 Å². The quantitative estimate of drug-likeness (QED) is 0.525. The molecule has 0 saturated heterocycles. The first kappa shape index (κ1) is 21.9. The second-order valence-electron chi connectivity index (χ2n) is 7.59. The van der Waals surface area contributed by atoms with Gasteiger partial charge in [-0.3, -0.25) is 9.59 Å². The number of nitrogens with one attached hydrogen (secondary N) is 3. The van der Waals surface area contributed by atoms with E-state index in [2.05, 4.69) is 20.6 Å². The highest BCUT2D eigenvalue weighted by molar-refractivity contribution is 5.89. The number of aromatic amines is 1. The molecule has 2 atom stereocenters. The van der Waals surface area contributed by atoms with Gasteiger partial charge >= 0.3 is 0 Å². The van der Waals surface area contributed by atoms with Gasteiger partial charge in [-0.15, -0.1) is 0 Å². The number of aliphatic hydroxyl groups excluding tert-OH is 1. The van der Waals surface area contributed by atoms with Crippen LogP contribution in [0.3, 0.4) is 0 Å². The van der Waals surface area contributed by atoms with Crippen molar-refractivity contribution < 1.29 is 23.5 Å². The van der Waals surface area contributed by atoms with E-state index in [-0.39, 0.29) is 23.8 Å². The summed E-state index contributed by atoms with van der Waals surface area (Å²) in [6.45, 7) is -0.626. The zero-order valence-corrected chi connectivity index (χ0v) is 16.5. The maximum Gasteiger partial charge on any atom is 0.243 e. The predicted octanol–water partition coefficient (Wildman–Crippen LogP) is 2.15. The molecule has 1 aromatic heterocycles. The molecule has 0 spiro atoms. The zero-order valence-electron chi connectivity index (χ0n) is 16.5. The molecule has 1 heterocycles. The Morgan fingerprint density at radius 1 is 1.20 bits per heavy atom. The van der Waals surface area contributed by atoms with E-state index >= 15 is 0 Å². The van der Waals surface area contributed by atoms with Gasteiger partial charge in [-0.2, -0.15) is 0 Å². The summed E-state index contributed by atoms with van der Waals surface area (Å²) in [7, 11) is 0. The summed E-state index contributed by atoms with van der Waals surface area (Å²) in [5, 5.41) is 15.0. The van der Waals surface area contributed by atoms with Crippen LogP contribution in [-0.4, -0.2) is 39.5 Å². The highest BCUT2D eigenvalue weighted by Crippen LogP contribution is 2.24. The molecule has 1 saturated carbocycles. The van der Waals surface area contributed by atoms with Gasteiger partial charge in [0.05, 0.1) is 19.0 Å². The van der Waals surface area contributed by atoms with E-state index in [1.807, 2.05) is 0 Å². The van der Waals surface area contributed by atoms with Crippen LogP contribution >= 0.6 is 0 Å². The first-order valence-electron chi connectivity index (χ1n) is 10.1. The summed E-state index contributed by atoms with van der Waals surface area (Å²) in [5.74, 6) is -2.38. The molecule has 1 aliphatic carbocycles. The van der Waals surface area contributed by atoms with E-state index in [0.717, 1.165) is 50.3 Å². The number of hydrogen-bond donors (Lipinski definition) is 4. The van der Waals surface area contributed by atoms with Crippen LogP contribution in [0.2, 0.25) is 0 Å². The van der Waals surface area contributed by atoms with Gasteiger partial charge < -0.3 is 20.7 Å². The minimum Gasteiger partial charge on any atom is -0.394 e. The Bertz CT molecular complexity index is 854. The van der Waals surface area contributed by atoms with Crippen LogP contribution in [0.15, 0.2) is 30.7 Å². The highest BCUT2D eigenvalue weighted by Gasteiger charge is 2.29. The summed E-state index contributed by atoms with van der Waals surface area (Å²) in [6.07, 6.45) is 7.75. The molecule has 1 aromatic carbocycles. The fraction of sp³-hybridized carbons (Fsp3) is 0.476. The van der Waals surface area contributed by atoms with Crippen LogP contribution in [0.1, 0.15) is 49.4 Å². The SMILES string of the molecule is O=C(N[C@@H](Cc1cnc[nH]1)C(=O)NC(CO)c1cc(F)ccc1F)C1CCCCC1. The van der Waals surface area contributed by atoms with Crippen LogP contribution < -0.4 is 10.6 Å². The monoisotopic (exact) mass is 420 g/mol. The first-order valence-corrected chi connectivity index (χ1v) is 10.1. The minimum atomic E-state index is -1.15. The van der Waals surface area contributed by atoms with E-state index < -0.39 is 36.2 Å². The molecule has 2 amide bonds. The number of nitrogens with zero attached hydrogens (tertiary/aromatic N) is 1. The maximum atomic E-state index is 14.1. The number of carbonyl (C=O) groups excluding carboxylic acids is 2. The largest absolute Gasteiger partial charge is 0.394 e. The average molecular weight is 420 g/mol. The lowest BCUT2D eigenvalue weighted by molar-refractivity contribution is -0.132. The van der Waals surface area contributed by atoms with Crippen LogP contribution in [0, 0.1) is 17.6 Å². The van der Waals surface area contributed by atoms with Crippen molar-refractivity contribution in [1.29, 1.82) is 0 Å². The fourth-order valence-corrected chi connectivity index (χ4v) is 3.76. The van der Waals surface area contributed by atoms with Crippen LogP contribution in [-0.2, 0) is 16.0 Å². The molecule has 30 heavy (non-hydrogen) atoms. The Morgan fingerprint density at radius 3 is 2.63 bits per heavy atom. The number of hydrogen-bond acceptors (Lipinski definition) is 4. The van der Waals surface area contributed by atoms with E-state index in [4.69, 9.17) is 0 Å². The zero-order chi connectivity index (χ0) is 21.5. The Kier molecular flexibility index (Phi) is 7.51. The number of H-pyrrole nitrogens is 1. The molecule has 2 aromatic rings. The van der Waals surface area contributed by atoms with Crippen molar-refractivity contribution in [2.75, 3.05) is 6.61 Å². The normalized spacial score (nSPS) is 16.6. The molecule has 162 valence electrons. The van der Waals surface area contributed by atoms with Gasteiger partial charge in [-0.25, -0.2) is 13.8 Å². The second-order valence-corrected chi connectivity index (χ2v) is 7.59. The third kappa shape index (κ3) is 5.63. The van der Waals surface area contributed by atoms with Gasteiger partial charge in [0.2, 0.25) is 11.8 Å². The number of amides is 2. The molecule has 1 fully saturated rings. The van der Waals surface area contributed by atoms with E-state index in [0.29, 0.717) is 5.69 Å². The smallest absolute Gasteiger partial charge is 0.243 e. The molecule has 0 radical (unpaired) electrons. The van der Waals surface area contributed by atoms with Crippen molar-refractivity contribution in [3.05, 3.63) is 53.6 Å². The van der Waals surface area contributed by atoms with Gasteiger partial charge in [0.15, 0.2) is 0 Å². The Balaban J connectivity index is 1.74. The molecule has 1 unspecified atom stereocenters. The predicted molar refractivity (Wildman–Crippen MR) is 105 cm³/mol. The lowest BCUT2D eigenvalue weighted by Crippen LogP contribution is -2.51. The van der Waals surface area contributed by atoms with Crippen LogP contribution in [0.4, 0.5) is 8.78 Å². The second kappa shape index (κ2) is 10.3. The lowest BCUT2D eigenvalue weighted by atomic mass is 9.88. The molecule has 1 aliphatic rings. The van der Waals surface area contributed by atoms with E-state index in [1.54, 1.807) is 6.20 Å². The first-order chi connectivity index (χ1) is 14.5. The summed E-state index contributed by atoms with van der Waals surface area (Å²) < 4.78 is 27.6. The van der Waals surface area contributed by atoms with Crippen molar-refractivity contribution in [2.24, 2.45) is 5.92 Å². The number of aliphatic hydroxyl groups is 1. The number of halogens is 2. The van der Waals surface area contributed by atoms with Gasteiger partial charge in [0.1, 0.15) is 17.7 Å². The summed E-state index contributed by atoms with van der Waals surface area (Å²) >= 11 is 0. The molecule has 4 N–H and O–H groups in total. The number of carbonyl (C=O) groups is 2. The van der Waals surface area contributed by atoms with Gasteiger partial charge in [0.25, 0.3) is 0 Å². The molecule has 0 aliphatic heterocycles. The topological polar surface area (TPSA) is 107 Å². The molecule has 3 rings (SSSR count). The van der Waals surface area contributed by atoms with Crippen molar-refractivity contribution in [3.8, 4) is 0 Å². The molecular weight excluding hydrogens is 394 g/mol. The minimum absolute atomic E-state index is 0.147. The number of aromatic nitrogens is 2.